The van der Waals surface area contributed by atoms with Crippen LogP contribution >= 0.6 is 11.6 Å². The molecule has 29 heavy (non-hydrogen) atoms. The molecule has 2 aliphatic rings. The van der Waals surface area contributed by atoms with Crippen LogP contribution in [0.1, 0.15) is 66.2 Å². The first-order valence-electron chi connectivity index (χ1n) is 10.8. The number of rotatable bonds is 3. The van der Waals surface area contributed by atoms with Gasteiger partial charge in [0.15, 0.2) is 0 Å². The Balaban J connectivity index is 1.33. The first-order valence-corrected chi connectivity index (χ1v) is 11.2. The van der Waals surface area contributed by atoms with Crippen molar-refractivity contribution < 1.29 is 0 Å². The van der Waals surface area contributed by atoms with Gasteiger partial charge in [-0.05, 0) is 31.4 Å². The molecule has 150 valence electrons. The van der Waals surface area contributed by atoms with Gasteiger partial charge in [-0.25, -0.2) is 15.0 Å². The van der Waals surface area contributed by atoms with Crippen molar-refractivity contribution >= 4 is 22.5 Å². The molecule has 5 rings (SSSR count). The van der Waals surface area contributed by atoms with Crippen molar-refractivity contribution in [1.29, 1.82) is 0 Å². The first kappa shape index (κ1) is 19.0. The lowest BCUT2D eigenvalue weighted by molar-refractivity contribution is 0.242. The Morgan fingerprint density at radius 2 is 2.00 bits per heavy atom. The summed E-state index contributed by atoms with van der Waals surface area (Å²) in [6.07, 6.45) is 9.55. The van der Waals surface area contributed by atoms with Gasteiger partial charge in [0.05, 0.1) is 5.52 Å². The van der Waals surface area contributed by atoms with Crippen molar-refractivity contribution in [3.63, 3.8) is 0 Å². The molecule has 1 aliphatic heterocycles. The molecular weight excluding hydrogens is 380 g/mol. The lowest BCUT2D eigenvalue weighted by Gasteiger charge is -2.29. The lowest BCUT2D eigenvalue weighted by atomic mass is 9.88. The van der Waals surface area contributed by atoms with Crippen LogP contribution in [0.3, 0.4) is 0 Å². The third-order valence-electron chi connectivity index (χ3n) is 6.47. The predicted octanol–water partition coefficient (Wildman–Crippen LogP) is 5.59. The van der Waals surface area contributed by atoms with E-state index < -0.39 is 0 Å². The summed E-state index contributed by atoms with van der Waals surface area (Å²) in [7, 11) is 0. The number of pyridine rings is 1. The van der Waals surface area contributed by atoms with Crippen LogP contribution in [0.2, 0.25) is 5.15 Å². The monoisotopic (exact) mass is 406 g/mol. The molecule has 4 nitrogen and oxygen atoms in total. The van der Waals surface area contributed by atoms with Crippen molar-refractivity contribution in [1.82, 2.24) is 19.9 Å². The molecule has 0 saturated heterocycles. The van der Waals surface area contributed by atoms with Gasteiger partial charge in [0.2, 0.25) is 0 Å². The average Bonchev–Trinajstić information content (AvgIpc) is 2.75. The normalized spacial score (nSPS) is 18.1. The highest BCUT2D eigenvalue weighted by molar-refractivity contribution is 6.30. The minimum atomic E-state index is 0.568. The highest BCUT2D eigenvalue weighted by Crippen LogP contribution is 2.32. The zero-order valence-corrected chi connectivity index (χ0v) is 17.8. The SMILES string of the molecule is Cc1cccc2cc(CN3CCc4nc(C5CCCCC5)ncc4C3)c(Cl)nc12. The van der Waals surface area contributed by atoms with Crippen molar-refractivity contribution in [2.75, 3.05) is 6.54 Å². The minimum Gasteiger partial charge on any atom is -0.294 e. The highest BCUT2D eigenvalue weighted by atomic mass is 35.5. The number of aromatic nitrogens is 3. The van der Waals surface area contributed by atoms with Crippen LogP contribution in [-0.2, 0) is 19.5 Å². The van der Waals surface area contributed by atoms with Crippen molar-refractivity contribution in [3.05, 3.63) is 63.8 Å². The number of hydrogen-bond donors (Lipinski definition) is 0. The summed E-state index contributed by atoms with van der Waals surface area (Å²) in [5.74, 6) is 1.65. The molecule has 0 N–H and O–H groups in total. The summed E-state index contributed by atoms with van der Waals surface area (Å²) in [6, 6.07) is 8.46. The fourth-order valence-corrected chi connectivity index (χ4v) is 5.00. The predicted molar refractivity (Wildman–Crippen MR) is 117 cm³/mol. The lowest BCUT2D eigenvalue weighted by Crippen LogP contribution is -2.31. The Labute approximate surface area is 177 Å². The van der Waals surface area contributed by atoms with E-state index in [-0.39, 0.29) is 0 Å². The van der Waals surface area contributed by atoms with E-state index in [9.17, 15) is 0 Å². The second kappa shape index (κ2) is 8.00. The van der Waals surface area contributed by atoms with Crippen LogP contribution in [0.15, 0.2) is 30.5 Å². The standard InChI is InChI=1S/C24H27ClN4/c1-16-6-5-9-18-12-19(23(25)28-22(16)18)14-29-11-10-21-20(15-29)13-26-24(27-21)17-7-3-2-4-8-17/h5-6,9,12-13,17H,2-4,7-8,10-11,14-15H2,1H3. The number of nitrogens with zero attached hydrogens (tertiary/aromatic N) is 4. The maximum atomic E-state index is 6.54. The summed E-state index contributed by atoms with van der Waals surface area (Å²) < 4.78 is 0. The maximum absolute atomic E-state index is 6.54. The van der Waals surface area contributed by atoms with Crippen LogP contribution in [0, 0.1) is 6.92 Å². The zero-order chi connectivity index (χ0) is 19.8. The Morgan fingerprint density at radius 3 is 2.86 bits per heavy atom. The molecule has 3 heterocycles. The molecule has 1 fully saturated rings. The molecule has 0 atom stereocenters. The van der Waals surface area contributed by atoms with Gasteiger partial charge in [0, 0.05) is 60.4 Å². The summed E-state index contributed by atoms with van der Waals surface area (Å²) in [6.45, 7) is 4.76. The number of hydrogen-bond acceptors (Lipinski definition) is 4. The van der Waals surface area contributed by atoms with E-state index in [4.69, 9.17) is 21.6 Å². The van der Waals surface area contributed by atoms with Crippen LogP contribution in [-0.4, -0.2) is 26.4 Å². The molecular formula is C24H27ClN4. The van der Waals surface area contributed by atoms with Gasteiger partial charge in [-0.2, -0.15) is 0 Å². The number of benzene rings is 1. The van der Waals surface area contributed by atoms with Crippen molar-refractivity contribution in [3.8, 4) is 0 Å². The van der Waals surface area contributed by atoms with E-state index in [1.807, 2.05) is 0 Å². The third kappa shape index (κ3) is 3.88. The topological polar surface area (TPSA) is 41.9 Å². The molecule has 1 aliphatic carbocycles. The minimum absolute atomic E-state index is 0.568. The molecule has 0 spiro atoms. The number of para-hydroxylation sites is 1. The largest absolute Gasteiger partial charge is 0.294 e. The van der Waals surface area contributed by atoms with Crippen LogP contribution in [0.4, 0.5) is 0 Å². The smallest absolute Gasteiger partial charge is 0.134 e. The van der Waals surface area contributed by atoms with Gasteiger partial charge < -0.3 is 0 Å². The Kier molecular flexibility index (Phi) is 5.23. The number of aryl methyl sites for hydroxylation is 1. The molecule has 0 bridgehead atoms. The molecule has 5 heteroatoms. The Bertz CT molecular complexity index is 1040. The fourth-order valence-electron chi connectivity index (χ4n) is 4.80. The molecule has 2 aromatic heterocycles. The molecule has 1 saturated carbocycles. The van der Waals surface area contributed by atoms with Crippen molar-refractivity contribution in [2.45, 2.75) is 64.5 Å². The van der Waals surface area contributed by atoms with E-state index in [1.54, 1.807) is 0 Å². The maximum Gasteiger partial charge on any atom is 0.134 e. The Hall–Kier alpha value is -2.04. The third-order valence-corrected chi connectivity index (χ3v) is 6.80. The highest BCUT2D eigenvalue weighted by Gasteiger charge is 2.23. The number of halogens is 1. The van der Waals surface area contributed by atoms with Crippen LogP contribution in [0.25, 0.3) is 10.9 Å². The summed E-state index contributed by atoms with van der Waals surface area (Å²) in [4.78, 5) is 16.8. The Morgan fingerprint density at radius 1 is 1.14 bits per heavy atom. The summed E-state index contributed by atoms with van der Waals surface area (Å²) in [5, 5.41) is 1.77. The van der Waals surface area contributed by atoms with E-state index >= 15 is 0 Å². The van der Waals surface area contributed by atoms with Gasteiger partial charge in [-0.15, -0.1) is 0 Å². The quantitative estimate of drug-likeness (QED) is 0.531. The van der Waals surface area contributed by atoms with Gasteiger partial charge in [-0.3, -0.25) is 4.90 Å². The van der Waals surface area contributed by atoms with E-state index in [1.165, 1.54) is 43.4 Å². The fraction of sp³-hybridized carbons (Fsp3) is 0.458. The molecule has 0 amide bonds. The summed E-state index contributed by atoms with van der Waals surface area (Å²) >= 11 is 6.54. The molecule has 1 aromatic carbocycles. The van der Waals surface area contributed by atoms with E-state index in [0.717, 1.165) is 53.9 Å². The van der Waals surface area contributed by atoms with Crippen LogP contribution < -0.4 is 0 Å². The zero-order valence-electron chi connectivity index (χ0n) is 17.0. The molecule has 3 aromatic rings. The van der Waals surface area contributed by atoms with Gasteiger partial charge in [0.1, 0.15) is 11.0 Å². The summed E-state index contributed by atoms with van der Waals surface area (Å²) in [5.41, 5.74) is 5.75. The second-order valence-electron chi connectivity index (χ2n) is 8.58. The van der Waals surface area contributed by atoms with E-state index in [2.05, 4.69) is 47.3 Å². The van der Waals surface area contributed by atoms with E-state index in [0.29, 0.717) is 11.1 Å². The van der Waals surface area contributed by atoms with Gasteiger partial charge in [-0.1, -0.05) is 49.1 Å². The van der Waals surface area contributed by atoms with Gasteiger partial charge >= 0.3 is 0 Å². The second-order valence-corrected chi connectivity index (χ2v) is 8.94. The average molecular weight is 407 g/mol. The first-order chi connectivity index (χ1) is 14.2. The molecule has 0 radical (unpaired) electrons. The van der Waals surface area contributed by atoms with Gasteiger partial charge in [0.25, 0.3) is 0 Å². The number of fused-ring (bicyclic) bond motifs is 2. The van der Waals surface area contributed by atoms with Crippen LogP contribution in [0.5, 0.6) is 0 Å². The molecule has 0 unspecified atom stereocenters. The van der Waals surface area contributed by atoms with Crippen molar-refractivity contribution in [2.24, 2.45) is 0 Å².